The first-order valence-corrected chi connectivity index (χ1v) is 7.68. The zero-order chi connectivity index (χ0) is 16.5. The van der Waals surface area contributed by atoms with Crippen molar-refractivity contribution in [3.63, 3.8) is 0 Å². The van der Waals surface area contributed by atoms with E-state index in [1.54, 1.807) is 17.0 Å². The van der Waals surface area contributed by atoms with Crippen molar-refractivity contribution in [2.45, 2.75) is 27.0 Å². The van der Waals surface area contributed by atoms with Gasteiger partial charge in [-0.2, -0.15) is 4.98 Å². The summed E-state index contributed by atoms with van der Waals surface area (Å²) in [6.07, 6.45) is 2.62. The summed E-state index contributed by atoms with van der Waals surface area (Å²) in [5.41, 5.74) is -0.588. The quantitative estimate of drug-likeness (QED) is 0.717. The van der Waals surface area contributed by atoms with Crippen LogP contribution in [0.15, 0.2) is 30.6 Å². The highest BCUT2D eigenvalue weighted by atomic mass is 35.5. The van der Waals surface area contributed by atoms with Crippen LogP contribution >= 0.6 is 34.8 Å². The number of nitrogens with zero attached hydrogens (tertiary/aromatic N) is 2. The molecule has 0 amide bonds. The third-order valence-electron chi connectivity index (χ3n) is 2.94. The second kappa shape index (κ2) is 6.49. The second-order valence-corrected chi connectivity index (χ2v) is 6.91. The lowest BCUT2D eigenvalue weighted by Gasteiger charge is -2.26. The van der Waals surface area contributed by atoms with Crippen LogP contribution in [0.2, 0.25) is 15.2 Å². The summed E-state index contributed by atoms with van der Waals surface area (Å²) < 4.78 is 7.40. The van der Waals surface area contributed by atoms with E-state index in [9.17, 15) is 4.79 Å². The van der Waals surface area contributed by atoms with Crippen molar-refractivity contribution in [2.24, 2.45) is 5.41 Å². The van der Waals surface area contributed by atoms with Gasteiger partial charge < -0.3 is 9.30 Å². The fraction of sp³-hybridized carbons (Fsp3) is 0.333. The lowest BCUT2D eigenvalue weighted by atomic mass is 9.89. The molecule has 0 spiro atoms. The highest BCUT2D eigenvalue weighted by Crippen LogP contribution is 2.33. The minimum Gasteiger partial charge on any atom is -0.446 e. The number of hydrogen-bond acceptors (Lipinski definition) is 3. The van der Waals surface area contributed by atoms with Crippen LogP contribution in [0.1, 0.15) is 27.0 Å². The summed E-state index contributed by atoms with van der Waals surface area (Å²) in [5.74, 6) is 0.0309. The van der Waals surface area contributed by atoms with E-state index in [2.05, 4.69) is 4.98 Å². The summed E-state index contributed by atoms with van der Waals surface area (Å²) in [7, 11) is 0. The molecule has 2 aromatic heterocycles. The lowest BCUT2D eigenvalue weighted by Crippen LogP contribution is -2.33. The van der Waals surface area contributed by atoms with Gasteiger partial charge in [-0.25, -0.2) is 0 Å². The maximum absolute atomic E-state index is 12.6. The number of aromatic nitrogens is 2. The summed E-state index contributed by atoms with van der Waals surface area (Å²) in [6, 6.07) is 5.05. The number of carbonyl (C=O) groups is 1. The fourth-order valence-electron chi connectivity index (χ4n) is 1.75. The Labute approximate surface area is 144 Å². The number of halogens is 3. The third-order valence-corrected chi connectivity index (χ3v) is 4.09. The molecule has 0 saturated carbocycles. The molecule has 4 nitrogen and oxygen atoms in total. The summed E-state index contributed by atoms with van der Waals surface area (Å²) in [6.45, 7) is 5.47. The van der Waals surface area contributed by atoms with Crippen molar-refractivity contribution < 1.29 is 9.53 Å². The van der Waals surface area contributed by atoms with Gasteiger partial charge in [-0.05, 0) is 12.1 Å². The van der Waals surface area contributed by atoms with E-state index in [4.69, 9.17) is 39.5 Å². The molecular formula is C15H15Cl3N2O2. The summed E-state index contributed by atoms with van der Waals surface area (Å²) in [4.78, 5) is 16.6. The van der Waals surface area contributed by atoms with Crippen LogP contribution in [0.3, 0.4) is 0 Å². The Balaban J connectivity index is 2.38. The molecule has 118 valence electrons. The van der Waals surface area contributed by atoms with Crippen LogP contribution in [0.5, 0.6) is 5.88 Å². The first-order valence-electron chi connectivity index (χ1n) is 6.55. The van der Waals surface area contributed by atoms with Gasteiger partial charge in [0.1, 0.15) is 0 Å². The standard InChI is InChI=1S/C15H15Cl3N2O2/c1-15(2,3)12(21)14(20-6-4-5-7-20)22-10-8-9(16)11(17)13(18)19-10/h4-8,14H,1-3H3. The molecule has 0 N–H and O–H groups in total. The maximum atomic E-state index is 12.6. The highest BCUT2D eigenvalue weighted by Gasteiger charge is 2.32. The predicted molar refractivity (Wildman–Crippen MR) is 87.8 cm³/mol. The highest BCUT2D eigenvalue weighted by molar-refractivity contribution is 6.47. The van der Waals surface area contributed by atoms with Gasteiger partial charge in [-0.15, -0.1) is 0 Å². The van der Waals surface area contributed by atoms with Gasteiger partial charge in [0.05, 0.1) is 10.0 Å². The molecule has 22 heavy (non-hydrogen) atoms. The zero-order valence-electron chi connectivity index (χ0n) is 12.3. The van der Waals surface area contributed by atoms with Crippen LogP contribution in [0, 0.1) is 5.41 Å². The topological polar surface area (TPSA) is 44.1 Å². The normalized spacial score (nSPS) is 13.0. The number of rotatable bonds is 4. The Hall–Kier alpha value is -1.23. The molecule has 0 fully saturated rings. The van der Waals surface area contributed by atoms with Crippen LogP contribution in [0.4, 0.5) is 0 Å². The lowest BCUT2D eigenvalue weighted by molar-refractivity contribution is -0.137. The van der Waals surface area contributed by atoms with Crippen molar-refractivity contribution in [1.29, 1.82) is 0 Å². The Kier molecular flexibility index (Phi) is 5.05. The number of hydrogen-bond donors (Lipinski definition) is 0. The summed E-state index contributed by atoms with van der Waals surface area (Å²) in [5, 5.41) is 0.389. The predicted octanol–water partition coefficient (Wildman–Crippen LogP) is 5.04. The second-order valence-electron chi connectivity index (χ2n) is 5.76. The molecule has 0 aliphatic heterocycles. The fourth-order valence-corrected chi connectivity index (χ4v) is 2.26. The Morgan fingerprint density at radius 2 is 1.82 bits per heavy atom. The smallest absolute Gasteiger partial charge is 0.237 e. The Morgan fingerprint density at radius 1 is 1.23 bits per heavy atom. The van der Waals surface area contributed by atoms with Gasteiger partial charge in [0.25, 0.3) is 0 Å². The molecule has 2 aromatic rings. The van der Waals surface area contributed by atoms with E-state index in [1.807, 2.05) is 32.9 Å². The maximum Gasteiger partial charge on any atom is 0.237 e. The number of ether oxygens (including phenoxy) is 1. The molecule has 1 atom stereocenters. The molecule has 2 rings (SSSR count). The van der Waals surface area contributed by atoms with E-state index in [-0.39, 0.29) is 26.9 Å². The first-order chi connectivity index (χ1) is 10.2. The molecule has 0 aromatic carbocycles. The van der Waals surface area contributed by atoms with Gasteiger partial charge in [-0.1, -0.05) is 55.6 Å². The molecule has 0 saturated heterocycles. The average Bonchev–Trinajstić information content (AvgIpc) is 2.94. The van der Waals surface area contributed by atoms with E-state index in [0.717, 1.165) is 0 Å². The van der Waals surface area contributed by atoms with Crippen molar-refractivity contribution in [2.75, 3.05) is 0 Å². The largest absolute Gasteiger partial charge is 0.446 e. The minimum absolute atomic E-state index is 0.0265. The number of carbonyl (C=O) groups excluding carboxylic acids is 1. The van der Waals surface area contributed by atoms with Crippen molar-refractivity contribution in [3.8, 4) is 5.88 Å². The van der Waals surface area contributed by atoms with Gasteiger partial charge in [0, 0.05) is 23.9 Å². The van der Waals surface area contributed by atoms with E-state index in [1.165, 1.54) is 6.07 Å². The minimum atomic E-state index is -0.865. The van der Waals surface area contributed by atoms with Crippen LogP contribution in [0.25, 0.3) is 0 Å². The van der Waals surface area contributed by atoms with E-state index >= 15 is 0 Å². The SMILES string of the molecule is CC(C)(C)C(=O)C(Oc1cc(Cl)c(Cl)c(Cl)n1)n1cccc1. The van der Waals surface area contributed by atoms with Crippen LogP contribution in [-0.2, 0) is 4.79 Å². The van der Waals surface area contributed by atoms with Crippen molar-refractivity contribution in [3.05, 3.63) is 45.8 Å². The van der Waals surface area contributed by atoms with Gasteiger partial charge in [0.2, 0.25) is 12.1 Å². The molecule has 1 unspecified atom stereocenters. The first kappa shape index (κ1) is 17.1. The molecule has 0 radical (unpaired) electrons. The number of pyridine rings is 1. The Bertz CT molecular complexity index is 656. The summed E-state index contributed by atoms with van der Waals surface area (Å²) >= 11 is 17.7. The Morgan fingerprint density at radius 3 is 2.32 bits per heavy atom. The molecule has 0 aliphatic carbocycles. The van der Waals surface area contributed by atoms with Crippen LogP contribution in [-0.4, -0.2) is 15.3 Å². The molecular weight excluding hydrogens is 347 g/mol. The van der Waals surface area contributed by atoms with E-state index < -0.39 is 11.6 Å². The monoisotopic (exact) mass is 360 g/mol. The molecule has 2 heterocycles. The molecule has 7 heteroatoms. The third kappa shape index (κ3) is 3.75. The molecule has 0 bridgehead atoms. The van der Waals surface area contributed by atoms with Crippen molar-refractivity contribution in [1.82, 2.24) is 9.55 Å². The number of ketones is 1. The number of Topliss-reactive ketones (excluding diaryl/α,β-unsaturated/α-hetero) is 1. The average molecular weight is 362 g/mol. The van der Waals surface area contributed by atoms with Gasteiger partial charge in [0.15, 0.2) is 10.9 Å². The zero-order valence-corrected chi connectivity index (χ0v) is 14.6. The van der Waals surface area contributed by atoms with Crippen LogP contribution < -0.4 is 4.74 Å². The van der Waals surface area contributed by atoms with Gasteiger partial charge in [-0.3, -0.25) is 4.79 Å². The van der Waals surface area contributed by atoms with Crippen molar-refractivity contribution >= 4 is 40.6 Å². The van der Waals surface area contributed by atoms with E-state index in [0.29, 0.717) is 0 Å². The van der Waals surface area contributed by atoms with Gasteiger partial charge >= 0.3 is 0 Å². The molecule has 0 aliphatic rings.